The third-order valence-electron chi connectivity index (χ3n) is 4.59. The predicted octanol–water partition coefficient (Wildman–Crippen LogP) is 6.81. The molecule has 1 unspecified atom stereocenters. The average molecular weight is 369 g/mol. The number of esters is 1. The summed E-state index contributed by atoms with van der Waals surface area (Å²) in [5, 5.41) is 0. The van der Waals surface area contributed by atoms with E-state index in [1.165, 1.54) is 32.1 Å². The molecule has 0 aliphatic heterocycles. The third-order valence-corrected chi connectivity index (χ3v) is 4.59. The van der Waals surface area contributed by atoms with Gasteiger partial charge < -0.3 is 9.47 Å². The van der Waals surface area contributed by atoms with E-state index in [9.17, 15) is 4.79 Å². The number of carbonyl (C=O) groups excluding carboxylic acids is 1. The summed E-state index contributed by atoms with van der Waals surface area (Å²) in [6, 6.07) is 16.4. The summed E-state index contributed by atoms with van der Waals surface area (Å²) in [6.45, 7) is 4.43. The molecule has 3 heteroatoms. The second-order valence-electron chi connectivity index (χ2n) is 6.96. The lowest BCUT2D eigenvalue weighted by atomic mass is 10.0. The molecule has 2 aromatic carbocycles. The molecule has 0 radical (unpaired) electrons. The zero-order chi connectivity index (χ0) is 19.3. The number of benzene rings is 2. The summed E-state index contributed by atoms with van der Waals surface area (Å²) in [5.74, 6) is 1.01. The largest absolute Gasteiger partial charge is 0.490 e. The molecule has 0 bridgehead atoms. The number of para-hydroxylation sites is 1. The Morgan fingerprint density at radius 1 is 0.778 bits per heavy atom. The molecule has 0 aliphatic carbocycles. The standard InChI is InChI=1S/C24H32O3/c1-3-5-6-7-9-13-21(12-4-2)26-23-18-16-20(17-19-23)24(25)27-22-14-10-8-11-15-22/h8,10-11,14-19,21H,3-7,9,12-13H2,1-2H3. The molecule has 0 saturated heterocycles. The van der Waals surface area contributed by atoms with Crippen LogP contribution in [0.3, 0.4) is 0 Å². The molecule has 0 aliphatic rings. The van der Waals surface area contributed by atoms with Crippen molar-refractivity contribution in [1.29, 1.82) is 0 Å². The molecular weight excluding hydrogens is 336 g/mol. The minimum Gasteiger partial charge on any atom is -0.490 e. The van der Waals surface area contributed by atoms with Crippen LogP contribution in [-0.4, -0.2) is 12.1 Å². The Labute approximate surface area is 163 Å². The van der Waals surface area contributed by atoms with Gasteiger partial charge in [0.15, 0.2) is 0 Å². The topological polar surface area (TPSA) is 35.5 Å². The number of rotatable bonds is 12. The molecule has 146 valence electrons. The molecule has 0 spiro atoms. The minimum absolute atomic E-state index is 0.249. The van der Waals surface area contributed by atoms with Crippen molar-refractivity contribution < 1.29 is 14.3 Å². The van der Waals surface area contributed by atoms with Crippen molar-refractivity contribution in [3.8, 4) is 11.5 Å². The monoisotopic (exact) mass is 368 g/mol. The van der Waals surface area contributed by atoms with Crippen LogP contribution in [0.4, 0.5) is 0 Å². The van der Waals surface area contributed by atoms with Gasteiger partial charge in [0.1, 0.15) is 11.5 Å². The first-order valence-electron chi connectivity index (χ1n) is 10.3. The second-order valence-corrected chi connectivity index (χ2v) is 6.96. The van der Waals surface area contributed by atoms with E-state index in [1.54, 1.807) is 24.3 Å². The van der Waals surface area contributed by atoms with Crippen LogP contribution in [-0.2, 0) is 0 Å². The number of hydrogen-bond acceptors (Lipinski definition) is 3. The summed E-state index contributed by atoms with van der Waals surface area (Å²) in [4.78, 5) is 12.2. The van der Waals surface area contributed by atoms with Crippen molar-refractivity contribution >= 4 is 5.97 Å². The lowest BCUT2D eigenvalue weighted by Gasteiger charge is -2.19. The van der Waals surface area contributed by atoms with Crippen LogP contribution in [0.2, 0.25) is 0 Å². The van der Waals surface area contributed by atoms with Crippen molar-refractivity contribution in [2.45, 2.75) is 71.3 Å². The summed E-state index contributed by atoms with van der Waals surface area (Å²) in [5.41, 5.74) is 0.526. The van der Waals surface area contributed by atoms with E-state index in [-0.39, 0.29) is 12.1 Å². The fourth-order valence-electron chi connectivity index (χ4n) is 3.08. The first kappa shape index (κ1) is 21.0. The van der Waals surface area contributed by atoms with Crippen LogP contribution < -0.4 is 9.47 Å². The van der Waals surface area contributed by atoms with Crippen LogP contribution in [0.1, 0.15) is 75.6 Å². The van der Waals surface area contributed by atoms with Gasteiger partial charge in [-0.1, -0.05) is 64.2 Å². The third kappa shape index (κ3) is 7.86. The van der Waals surface area contributed by atoms with Gasteiger partial charge in [-0.2, -0.15) is 0 Å². The van der Waals surface area contributed by atoms with Crippen LogP contribution in [0.5, 0.6) is 11.5 Å². The Morgan fingerprint density at radius 2 is 1.48 bits per heavy atom. The highest BCUT2D eigenvalue weighted by Crippen LogP contribution is 2.20. The first-order chi connectivity index (χ1) is 13.2. The van der Waals surface area contributed by atoms with Crippen LogP contribution in [0.25, 0.3) is 0 Å². The molecule has 2 rings (SSSR count). The number of carbonyl (C=O) groups is 1. The van der Waals surface area contributed by atoms with E-state index < -0.39 is 0 Å². The number of hydrogen-bond donors (Lipinski definition) is 0. The van der Waals surface area contributed by atoms with Gasteiger partial charge in [0, 0.05) is 0 Å². The maximum atomic E-state index is 12.2. The van der Waals surface area contributed by atoms with Crippen LogP contribution >= 0.6 is 0 Å². The van der Waals surface area contributed by atoms with Crippen LogP contribution in [0, 0.1) is 0 Å². The van der Waals surface area contributed by atoms with E-state index in [0.717, 1.165) is 25.0 Å². The molecule has 0 heterocycles. The molecule has 0 N–H and O–H groups in total. The normalized spacial score (nSPS) is 11.8. The number of ether oxygens (including phenoxy) is 2. The van der Waals surface area contributed by atoms with Gasteiger partial charge in [-0.25, -0.2) is 4.79 Å². The Kier molecular flexibility index (Phi) is 9.47. The average Bonchev–Trinajstić information content (AvgIpc) is 2.69. The smallest absolute Gasteiger partial charge is 0.343 e. The lowest BCUT2D eigenvalue weighted by molar-refractivity contribution is 0.0734. The molecule has 2 aromatic rings. The zero-order valence-electron chi connectivity index (χ0n) is 16.7. The molecule has 0 aromatic heterocycles. The van der Waals surface area contributed by atoms with Crippen molar-refractivity contribution in [1.82, 2.24) is 0 Å². The fourth-order valence-corrected chi connectivity index (χ4v) is 3.08. The summed E-state index contributed by atoms with van der Waals surface area (Å²) >= 11 is 0. The second kappa shape index (κ2) is 12.2. The molecule has 0 amide bonds. The van der Waals surface area contributed by atoms with E-state index in [1.807, 2.05) is 30.3 Å². The molecular formula is C24H32O3. The maximum absolute atomic E-state index is 12.2. The van der Waals surface area contributed by atoms with Gasteiger partial charge in [0.05, 0.1) is 11.7 Å². The van der Waals surface area contributed by atoms with Gasteiger partial charge in [-0.05, 0) is 55.7 Å². The summed E-state index contributed by atoms with van der Waals surface area (Å²) in [7, 11) is 0. The van der Waals surface area contributed by atoms with E-state index in [0.29, 0.717) is 11.3 Å². The lowest BCUT2D eigenvalue weighted by Crippen LogP contribution is -2.16. The molecule has 0 fully saturated rings. The van der Waals surface area contributed by atoms with Crippen LogP contribution in [0.15, 0.2) is 54.6 Å². The fraction of sp³-hybridized carbons (Fsp3) is 0.458. The van der Waals surface area contributed by atoms with Gasteiger partial charge in [0.2, 0.25) is 0 Å². The highest BCUT2D eigenvalue weighted by atomic mass is 16.5. The maximum Gasteiger partial charge on any atom is 0.343 e. The van der Waals surface area contributed by atoms with Gasteiger partial charge in [-0.3, -0.25) is 0 Å². The van der Waals surface area contributed by atoms with Gasteiger partial charge in [0.25, 0.3) is 0 Å². The SMILES string of the molecule is CCCCCCCC(CCC)Oc1ccc(C(=O)Oc2ccccc2)cc1. The summed E-state index contributed by atoms with van der Waals surface area (Å²) in [6.07, 6.45) is 9.91. The van der Waals surface area contributed by atoms with Gasteiger partial charge in [-0.15, -0.1) is 0 Å². The van der Waals surface area contributed by atoms with Crippen molar-refractivity contribution in [2.24, 2.45) is 0 Å². The zero-order valence-corrected chi connectivity index (χ0v) is 16.7. The van der Waals surface area contributed by atoms with E-state index >= 15 is 0 Å². The van der Waals surface area contributed by atoms with Gasteiger partial charge >= 0.3 is 5.97 Å². The molecule has 3 nitrogen and oxygen atoms in total. The highest BCUT2D eigenvalue weighted by molar-refractivity contribution is 5.91. The number of unbranched alkanes of at least 4 members (excludes halogenated alkanes) is 4. The Morgan fingerprint density at radius 3 is 2.15 bits per heavy atom. The quantitative estimate of drug-likeness (QED) is 0.234. The summed E-state index contributed by atoms with van der Waals surface area (Å²) < 4.78 is 11.5. The molecule has 0 saturated carbocycles. The van der Waals surface area contributed by atoms with Crippen molar-refractivity contribution in [3.63, 3.8) is 0 Å². The Bertz CT molecular complexity index is 649. The van der Waals surface area contributed by atoms with Crippen molar-refractivity contribution in [3.05, 3.63) is 60.2 Å². The van der Waals surface area contributed by atoms with Crippen molar-refractivity contribution in [2.75, 3.05) is 0 Å². The molecule has 1 atom stereocenters. The Hall–Kier alpha value is -2.29. The Balaban J connectivity index is 1.85. The van der Waals surface area contributed by atoms with E-state index in [2.05, 4.69) is 13.8 Å². The van der Waals surface area contributed by atoms with E-state index in [4.69, 9.17) is 9.47 Å². The highest BCUT2D eigenvalue weighted by Gasteiger charge is 2.12. The molecule has 27 heavy (non-hydrogen) atoms. The minimum atomic E-state index is -0.353. The predicted molar refractivity (Wildman–Crippen MR) is 111 cm³/mol. The first-order valence-corrected chi connectivity index (χ1v) is 10.3.